The van der Waals surface area contributed by atoms with Gasteiger partial charge < -0.3 is 4.90 Å². The molecule has 0 aliphatic rings. The van der Waals surface area contributed by atoms with Gasteiger partial charge in [0.2, 0.25) is 0 Å². The van der Waals surface area contributed by atoms with Gasteiger partial charge in [-0.1, -0.05) is 6.07 Å². The molecule has 0 bridgehead atoms. The fourth-order valence-electron chi connectivity index (χ4n) is 1.43. The van der Waals surface area contributed by atoms with Crippen LogP contribution in [0.4, 0.5) is 5.69 Å². The lowest BCUT2D eigenvalue weighted by molar-refractivity contribution is -0.385. The van der Waals surface area contributed by atoms with Crippen molar-refractivity contribution in [2.24, 2.45) is 0 Å². The van der Waals surface area contributed by atoms with E-state index in [0.29, 0.717) is 4.47 Å². The van der Waals surface area contributed by atoms with Crippen molar-refractivity contribution in [3.63, 3.8) is 0 Å². The quantitative estimate of drug-likeness (QED) is 0.597. The minimum Gasteiger partial charge on any atom is -0.301 e. The summed E-state index contributed by atoms with van der Waals surface area (Å²) in [6.07, 6.45) is 2.07. The number of hydrogen-bond donors (Lipinski definition) is 0. The molecule has 0 amide bonds. The van der Waals surface area contributed by atoms with E-state index in [2.05, 4.69) is 27.1 Å². The maximum Gasteiger partial charge on any atom is 0.283 e. The highest BCUT2D eigenvalue weighted by Gasteiger charge is 2.12. The van der Waals surface area contributed by atoms with Crippen LogP contribution in [0.5, 0.6) is 0 Å². The number of nitro benzene ring substituents is 1. The van der Waals surface area contributed by atoms with Crippen molar-refractivity contribution in [1.29, 1.82) is 0 Å². The molecule has 1 aromatic rings. The number of rotatable bonds is 6. The molecular formula is C11H15BrN2O2S. The molecule has 94 valence electrons. The molecule has 6 heteroatoms. The second-order valence-electron chi connectivity index (χ2n) is 3.77. The number of benzene rings is 1. The molecule has 0 fully saturated rings. The van der Waals surface area contributed by atoms with Gasteiger partial charge in [-0.05, 0) is 40.9 Å². The van der Waals surface area contributed by atoms with Crippen molar-refractivity contribution in [3.05, 3.63) is 38.3 Å². The highest BCUT2D eigenvalue weighted by molar-refractivity contribution is 9.10. The first-order chi connectivity index (χ1) is 8.04. The van der Waals surface area contributed by atoms with Crippen LogP contribution in [0, 0.1) is 10.1 Å². The largest absolute Gasteiger partial charge is 0.301 e. The van der Waals surface area contributed by atoms with Crippen molar-refractivity contribution in [2.45, 2.75) is 6.54 Å². The molecule has 0 radical (unpaired) electrons. The Labute approximate surface area is 114 Å². The summed E-state index contributed by atoms with van der Waals surface area (Å²) in [5.41, 5.74) is 1.09. The summed E-state index contributed by atoms with van der Waals surface area (Å²) >= 11 is 4.97. The van der Waals surface area contributed by atoms with E-state index < -0.39 is 0 Å². The van der Waals surface area contributed by atoms with Gasteiger partial charge in [-0.2, -0.15) is 11.8 Å². The van der Waals surface area contributed by atoms with Gasteiger partial charge in [-0.25, -0.2) is 0 Å². The van der Waals surface area contributed by atoms with Crippen LogP contribution in [0.25, 0.3) is 0 Å². The number of hydrogen-bond acceptors (Lipinski definition) is 4. The van der Waals surface area contributed by atoms with Crippen LogP contribution < -0.4 is 0 Å². The van der Waals surface area contributed by atoms with Crippen molar-refractivity contribution < 1.29 is 4.92 Å². The van der Waals surface area contributed by atoms with E-state index in [-0.39, 0.29) is 10.6 Å². The van der Waals surface area contributed by atoms with Gasteiger partial charge in [0.25, 0.3) is 5.69 Å². The van der Waals surface area contributed by atoms with Crippen LogP contribution in [0.15, 0.2) is 22.7 Å². The number of nitrogens with zero attached hydrogens (tertiary/aromatic N) is 2. The first kappa shape index (κ1) is 14.5. The van der Waals surface area contributed by atoms with Crippen molar-refractivity contribution in [1.82, 2.24) is 4.90 Å². The van der Waals surface area contributed by atoms with Gasteiger partial charge in [0.1, 0.15) is 0 Å². The molecule has 0 saturated carbocycles. The molecule has 0 N–H and O–H groups in total. The van der Waals surface area contributed by atoms with Crippen LogP contribution in [-0.4, -0.2) is 35.4 Å². The Kier molecular flexibility index (Phi) is 5.94. The standard InChI is InChI=1S/C11H15BrN2O2S/c1-13(5-6-17-2)8-9-3-4-10(12)11(7-9)14(15)16/h3-4,7H,5-6,8H2,1-2H3. The van der Waals surface area contributed by atoms with Gasteiger partial charge >= 0.3 is 0 Å². The highest BCUT2D eigenvalue weighted by atomic mass is 79.9. The van der Waals surface area contributed by atoms with Crippen LogP contribution >= 0.6 is 27.7 Å². The SMILES string of the molecule is CSCCN(C)Cc1ccc(Br)c([N+](=O)[O-])c1. The van der Waals surface area contributed by atoms with Gasteiger partial charge in [-0.15, -0.1) is 0 Å². The number of nitro groups is 1. The predicted octanol–water partition coefficient (Wildman–Crippen LogP) is 3.15. The zero-order chi connectivity index (χ0) is 12.8. The monoisotopic (exact) mass is 318 g/mol. The molecule has 0 atom stereocenters. The van der Waals surface area contributed by atoms with Crippen molar-refractivity contribution in [2.75, 3.05) is 25.6 Å². The molecule has 0 unspecified atom stereocenters. The first-order valence-electron chi connectivity index (χ1n) is 5.15. The van der Waals surface area contributed by atoms with E-state index >= 15 is 0 Å². The van der Waals surface area contributed by atoms with Crippen molar-refractivity contribution >= 4 is 33.4 Å². The molecule has 4 nitrogen and oxygen atoms in total. The fraction of sp³-hybridized carbons (Fsp3) is 0.455. The fourth-order valence-corrected chi connectivity index (χ4v) is 2.32. The van der Waals surface area contributed by atoms with Crippen LogP contribution in [0.1, 0.15) is 5.56 Å². The van der Waals surface area contributed by atoms with Gasteiger partial charge in [0.15, 0.2) is 0 Å². The van der Waals surface area contributed by atoms with Gasteiger partial charge in [-0.3, -0.25) is 10.1 Å². The average molecular weight is 319 g/mol. The van der Waals surface area contributed by atoms with Crippen LogP contribution in [0.3, 0.4) is 0 Å². The topological polar surface area (TPSA) is 46.4 Å². The minimum atomic E-state index is -0.366. The predicted molar refractivity (Wildman–Crippen MR) is 75.5 cm³/mol. The lowest BCUT2D eigenvalue weighted by atomic mass is 10.2. The third-order valence-corrected chi connectivity index (χ3v) is 3.60. The number of halogens is 1. The summed E-state index contributed by atoms with van der Waals surface area (Å²) in [6.45, 7) is 1.71. The summed E-state index contributed by atoms with van der Waals surface area (Å²) in [5, 5.41) is 10.8. The molecule has 17 heavy (non-hydrogen) atoms. The van der Waals surface area contributed by atoms with Crippen LogP contribution in [0.2, 0.25) is 0 Å². The Morgan fingerprint density at radius 3 is 2.82 bits per heavy atom. The van der Waals surface area contributed by atoms with Gasteiger partial charge in [0, 0.05) is 24.9 Å². The third kappa shape index (κ3) is 4.65. The zero-order valence-corrected chi connectivity index (χ0v) is 12.3. The second-order valence-corrected chi connectivity index (χ2v) is 5.61. The molecule has 0 aliphatic heterocycles. The summed E-state index contributed by atoms with van der Waals surface area (Å²) in [4.78, 5) is 12.6. The smallest absolute Gasteiger partial charge is 0.283 e. The third-order valence-electron chi connectivity index (χ3n) is 2.34. The Hall–Kier alpha value is -0.590. The maximum atomic E-state index is 10.8. The lowest BCUT2D eigenvalue weighted by Gasteiger charge is -2.15. The maximum absolute atomic E-state index is 10.8. The molecule has 0 aliphatic carbocycles. The van der Waals surface area contributed by atoms with Gasteiger partial charge in [0.05, 0.1) is 9.40 Å². The van der Waals surface area contributed by atoms with E-state index in [9.17, 15) is 10.1 Å². The molecule has 0 heterocycles. The first-order valence-corrected chi connectivity index (χ1v) is 7.33. The number of thioether (sulfide) groups is 1. The minimum absolute atomic E-state index is 0.126. The Bertz CT molecular complexity index is 401. The zero-order valence-electron chi connectivity index (χ0n) is 9.85. The highest BCUT2D eigenvalue weighted by Crippen LogP contribution is 2.25. The normalized spacial score (nSPS) is 10.8. The Balaban J connectivity index is 2.72. The summed E-state index contributed by atoms with van der Waals surface area (Å²) < 4.78 is 0.526. The molecular weight excluding hydrogens is 304 g/mol. The summed E-state index contributed by atoms with van der Waals surface area (Å²) in [5.74, 6) is 1.06. The Morgan fingerprint density at radius 1 is 1.53 bits per heavy atom. The average Bonchev–Trinajstić information content (AvgIpc) is 2.28. The molecule has 0 spiro atoms. The van der Waals surface area contributed by atoms with E-state index in [1.807, 2.05) is 13.1 Å². The van der Waals surface area contributed by atoms with E-state index in [4.69, 9.17) is 0 Å². The second kappa shape index (κ2) is 6.98. The van der Waals surface area contributed by atoms with E-state index in [0.717, 1.165) is 24.4 Å². The molecule has 0 aromatic heterocycles. The summed E-state index contributed by atoms with van der Waals surface area (Å²) in [6, 6.07) is 5.27. The Morgan fingerprint density at radius 2 is 2.24 bits per heavy atom. The molecule has 1 rings (SSSR count). The van der Waals surface area contributed by atoms with E-state index in [1.165, 1.54) is 0 Å². The molecule has 0 saturated heterocycles. The van der Waals surface area contributed by atoms with Crippen molar-refractivity contribution in [3.8, 4) is 0 Å². The lowest BCUT2D eigenvalue weighted by Crippen LogP contribution is -2.20. The van der Waals surface area contributed by atoms with Crippen LogP contribution in [-0.2, 0) is 6.54 Å². The molecule has 1 aromatic carbocycles. The summed E-state index contributed by atoms with van der Waals surface area (Å²) in [7, 11) is 2.02. The van der Waals surface area contributed by atoms with E-state index in [1.54, 1.807) is 23.9 Å².